The molecule has 0 amide bonds. The summed E-state index contributed by atoms with van der Waals surface area (Å²) in [6.07, 6.45) is -3.42. The second-order valence-electron chi connectivity index (χ2n) is 4.60. The molecular weight excluding hydrogens is 205 g/mol. The van der Waals surface area contributed by atoms with Crippen LogP contribution in [0.4, 0.5) is 13.2 Å². The molecule has 0 unspecified atom stereocenters. The fraction of sp³-hybridized carbons (Fsp3) is 1.00. The Balaban J connectivity index is 4.01. The van der Waals surface area contributed by atoms with Crippen LogP contribution in [0.15, 0.2) is 0 Å². The summed E-state index contributed by atoms with van der Waals surface area (Å²) in [6.45, 7) is 6.20. The molecule has 0 aliphatic heterocycles. The van der Waals surface area contributed by atoms with Crippen molar-refractivity contribution in [1.29, 1.82) is 0 Å². The van der Waals surface area contributed by atoms with E-state index >= 15 is 0 Å². The zero-order chi connectivity index (χ0) is 12.1. The van der Waals surface area contributed by atoms with E-state index in [0.717, 1.165) is 0 Å². The lowest BCUT2D eigenvalue weighted by molar-refractivity contribution is -0.146. The number of nitrogens with two attached hydrogens (primary N) is 1. The van der Waals surface area contributed by atoms with Crippen molar-refractivity contribution in [2.24, 2.45) is 11.1 Å². The Hall–Kier alpha value is -0.290. The van der Waals surface area contributed by atoms with Gasteiger partial charge in [0, 0.05) is 0 Å². The van der Waals surface area contributed by atoms with E-state index in [1.165, 1.54) is 4.90 Å². The zero-order valence-electron chi connectivity index (χ0n) is 9.69. The van der Waals surface area contributed by atoms with Crippen LogP contribution in [0.3, 0.4) is 0 Å². The predicted molar refractivity (Wildman–Crippen MR) is 55.6 cm³/mol. The largest absolute Gasteiger partial charge is 0.401 e. The van der Waals surface area contributed by atoms with Crippen LogP contribution in [0.25, 0.3) is 0 Å². The Kier molecular flexibility index (Phi) is 5.59. The molecule has 0 rings (SSSR count). The summed E-state index contributed by atoms with van der Waals surface area (Å²) in [4.78, 5) is 1.40. The van der Waals surface area contributed by atoms with Gasteiger partial charge in [0.2, 0.25) is 0 Å². The first kappa shape index (κ1) is 14.7. The van der Waals surface area contributed by atoms with Gasteiger partial charge in [-0.3, -0.25) is 4.90 Å². The van der Waals surface area contributed by atoms with E-state index in [0.29, 0.717) is 26.1 Å². The lowest BCUT2D eigenvalue weighted by atomic mass is 9.89. The highest BCUT2D eigenvalue weighted by Gasteiger charge is 2.30. The van der Waals surface area contributed by atoms with Gasteiger partial charge in [-0.1, -0.05) is 20.8 Å². The topological polar surface area (TPSA) is 29.3 Å². The zero-order valence-corrected chi connectivity index (χ0v) is 9.69. The molecule has 0 spiro atoms. The van der Waals surface area contributed by atoms with Crippen LogP contribution in [0.1, 0.15) is 27.2 Å². The maximum Gasteiger partial charge on any atom is 0.401 e. The second kappa shape index (κ2) is 5.70. The molecule has 0 aromatic heterocycles. The van der Waals surface area contributed by atoms with Crippen LogP contribution in [0.2, 0.25) is 0 Å². The third kappa shape index (κ3) is 7.62. The molecule has 0 aromatic rings. The molecule has 0 heterocycles. The van der Waals surface area contributed by atoms with Crippen molar-refractivity contribution in [3.05, 3.63) is 0 Å². The average Bonchev–Trinajstić information content (AvgIpc) is 2.10. The number of halogens is 3. The van der Waals surface area contributed by atoms with Crippen LogP contribution in [-0.2, 0) is 0 Å². The molecule has 0 aliphatic rings. The fourth-order valence-electron chi connectivity index (χ4n) is 1.17. The first-order valence-corrected chi connectivity index (χ1v) is 5.19. The van der Waals surface area contributed by atoms with Crippen molar-refractivity contribution < 1.29 is 13.2 Å². The van der Waals surface area contributed by atoms with Gasteiger partial charge in [0.25, 0.3) is 0 Å². The minimum Gasteiger partial charge on any atom is -0.330 e. The summed E-state index contributed by atoms with van der Waals surface area (Å²) in [5, 5.41) is 0. The van der Waals surface area contributed by atoms with Crippen LogP contribution in [0, 0.1) is 5.41 Å². The van der Waals surface area contributed by atoms with Crippen molar-refractivity contribution >= 4 is 0 Å². The Morgan fingerprint density at radius 3 is 2.07 bits per heavy atom. The molecule has 0 radical (unpaired) electrons. The van der Waals surface area contributed by atoms with E-state index < -0.39 is 12.7 Å². The SMILES string of the molecule is CCN(CCC(C)(C)CN)CC(F)(F)F. The van der Waals surface area contributed by atoms with Crippen molar-refractivity contribution in [3.8, 4) is 0 Å². The van der Waals surface area contributed by atoms with Crippen LogP contribution >= 0.6 is 0 Å². The Labute approximate surface area is 89.6 Å². The first-order valence-electron chi connectivity index (χ1n) is 5.19. The highest BCUT2D eigenvalue weighted by atomic mass is 19.4. The first-order chi connectivity index (χ1) is 6.70. The average molecular weight is 226 g/mol. The summed E-state index contributed by atoms with van der Waals surface area (Å²) in [6, 6.07) is 0. The van der Waals surface area contributed by atoms with E-state index in [1.54, 1.807) is 6.92 Å². The highest BCUT2D eigenvalue weighted by molar-refractivity contribution is 4.72. The molecule has 0 saturated carbocycles. The van der Waals surface area contributed by atoms with Gasteiger partial charge in [-0.15, -0.1) is 0 Å². The monoisotopic (exact) mass is 226 g/mol. The van der Waals surface area contributed by atoms with E-state index in [4.69, 9.17) is 5.73 Å². The van der Waals surface area contributed by atoms with Gasteiger partial charge in [0.15, 0.2) is 0 Å². The molecule has 0 saturated heterocycles. The normalized spacial score (nSPS) is 13.6. The highest BCUT2D eigenvalue weighted by Crippen LogP contribution is 2.21. The van der Waals surface area contributed by atoms with Gasteiger partial charge in [0.05, 0.1) is 6.54 Å². The van der Waals surface area contributed by atoms with Gasteiger partial charge >= 0.3 is 6.18 Å². The minimum atomic E-state index is -4.11. The van der Waals surface area contributed by atoms with Gasteiger partial charge in [0.1, 0.15) is 0 Å². The van der Waals surface area contributed by atoms with E-state index in [9.17, 15) is 13.2 Å². The molecule has 2 nitrogen and oxygen atoms in total. The molecule has 5 heteroatoms. The van der Waals surface area contributed by atoms with E-state index in [1.807, 2.05) is 13.8 Å². The number of hydrogen-bond donors (Lipinski definition) is 1. The van der Waals surface area contributed by atoms with Crippen molar-refractivity contribution in [3.63, 3.8) is 0 Å². The molecule has 0 bridgehead atoms. The van der Waals surface area contributed by atoms with Gasteiger partial charge < -0.3 is 5.73 Å². The summed E-state index contributed by atoms with van der Waals surface area (Å²) in [5.74, 6) is 0. The predicted octanol–water partition coefficient (Wildman–Crippen LogP) is 2.25. The van der Waals surface area contributed by atoms with Gasteiger partial charge in [-0.2, -0.15) is 13.2 Å². The van der Waals surface area contributed by atoms with Crippen LogP contribution in [-0.4, -0.2) is 37.3 Å². The van der Waals surface area contributed by atoms with E-state index in [2.05, 4.69) is 0 Å². The maximum absolute atomic E-state index is 12.1. The summed E-state index contributed by atoms with van der Waals surface area (Å²) >= 11 is 0. The fourth-order valence-corrected chi connectivity index (χ4v) is 1.17. The van der Waals surface area contributed by atoms with Crippen molar-refractivity contribution in [1.82, 2.24) is 4.90 Å². The lowest BCUT2D eigenvalue weighted by Crippen LogP contribution is -2.37. The molecule has 0 aliphatic carbocycles. The quantitative estimate of drug-likeness (QED) is 0.752. The van der Waals surface area contributed by atoms with Crippen molar-refractivity contribution in [2.45, 2.75) is 33.4 Å². The molecule has 0 fully saturated rings. The number of rotatable bonds is 6. The van der Waals surface area contributed by atoms with Crippen LogP contribution in [0.5, 0.6) is 0 Å². The maximum atomic E-state index is 12.1. The molecule has 15 heavy (non-hydrogen) atoms. The van der Waals surface area contributed by atoms with Crippen LogP contribution < -0.4 is 5.73 Å². The molecule has 0 atom stereocenters. The number of nitrogens with zero attached hydrogens (tertiary/aromatic N) is 1. The molecule has 92 valence electrons. The van der Waals surface area contributed by atoms with Crippen molar-refractivity contribution in [2.75, 3.05) is 26.2 Å². The molecule has 2 N–H and O–H groups in total. The van der Waals surface area contributed by atoms with Gasteiger partial charge in [-0.25, -0.2) is 0 Å². The third-order valence-corrected chi connectivity index (χ3v) is 2.51. The summed E-state index contributed by atoms with van der Waals surface area (Å²) < 4.78 is 36.4. The van der Waals surface area contributed by atoms with E-state index in [-0.39, 0.29) is 5.41 Å². The summed E-state index contributed by atoms with van der Waals surface area (Å²) in [5.41, 5.74) is 5.44. The molecule has 0 aromatic carbocycles. The minimum absolute atomic E-state index is 0.0843. The van der Waals surface area contributed by atoms with Gasteiger partial charge in [-0.05, 0) is 31.5 Å². The number of hydrogen-bond acceptors (Lipinski definition) is 2. The number of alkyl halides is 3. The molecular formula is C10H21F3N2. The summed E-state index contributed by atoms with van der Waals surface area (Å²) in [7, 11) is 0. The third-order valence-electron chi connectivity index (χ3n) is 2.51. The lowest BCUT2D eigenvalue weighted by Gasteiger charge is -2.28. The smallest absolute Gasteiger partial charge is 0.330 e. The Morgan fingerprint density at radius 2 is 1.73 bits per heavy atom. The second-order valence-corrected chi connectivity index (χ2v) is 4.60. The Bertz CT molecular complexity index is 178. The standard InChI is InChI=1S/C10H21F3N2/c1-4-15(8-10(11,12)13)6-5-9(2,3)7-14/h4-8,14H2,1-3H3. The Morgan fingerprint density at radius 1 is 1.20 bits per heavy atom.